The summed E-state index contributed by atoms with van der Waals surface area (Å²) in [5.74, 6) is -1.16. The van der Waals surface area contributed by atoms with Crippen molar-refractivity contribution in [3.8, 4) is 0 Å². The minimum atomic E-state index is -0.531. The summed E-state index contributed by atoms with van der Waals surface area (Å²) in [5, 5.41) is 3.65. The molecule has 9 nitrogen and oxygen atoms in total. The highest BCUT2D eigenvalue weighted by atomic mass is 32.2. The van der Waals surface area contributed by atoms with Gasteiger partial charge in [0.2, 0.25) is 5.91 Å². The van der Waals surface area contributed by atoms with Gasteiger partial charge in [-0.2, -0.15) is 0 Å². The summed E-state index contributed by atoms with van der Waals surface area (Å²) in [4.78, 5) is 49.3. The van der Waals surface area contributed by atoms with Crippen molar-refractivity contribution in [3.63, 3.8) is 0 Å². The number of hydrogen-bond donors (Lipinski definition) is 1. The normalized spacial score (nSPS) is 14.8. The fourth-order valence-corrected chi connectivity index (χ4v) is 4.23. The number of anilines is 1. The third-order valence-corrected chi connectivity index (χ3v) is 5.91. The summed E-state index contributed by atoms with van der Waals surface area (Å²) < 4.78 is 14.8. The van der Waals surface area contributed by atoms with Crippen LogP contribution in [0.3, 0.4) is 0 Å². The lowest BCUT2D eigenvalue weighted by Gasteiger charge is -2.16. The number of thiophene rings is 1. The maximum atomic E-state index is 12.2. The van der Waals surface area contributed by atoms with Gasteiger partial charge in [-0.15, -0.1) is 11.3 Å². The second kappa shape index (κ2) is 10.1. The van der Waals surface area contributed by atoms with Crippen LogP contribution in [0.1, 0.15) is 26.6 Å². The summed E-state index contributed by atoms with van der Waals surface area (Å²) >= 11 is 2.34. The van der Waals surface area contributed by atoms with Crippen molar-refractivity contribution in [2.75, 3.05) is 31.3 Å². The highest BCUT2D eigenvalue weighted by molar-refractivity contribution is 8.04. The van der Waals surface area contributed by atoms with E-state index in [1.165, 1.54) is 42.2 Å². The highest BCUT2D eigenvalue weighted by Crippen LogP contribution is 2.29. The molecule has 1 aliphatic rings. The molecule has 3 heterocycles. The van der Waals surface area contributed by atoms with Gasteiger partial charge in [0.1, 0.15) is 4.88 Å². The van der Waals surface area contributed by atoms with Gasteiger partial charge in [-0.05, 0) is 30.7 Å². The minimum Gasteiger partial charge on any atom is -0.466 e. The molecule has 1 saturated heterocycles. The Kier molecular flexibility index (Phi) is 7.31. The predicted octanol–water partition coefficient (Wildman–Crippen LogP) is 2.73. The first-order chi connectivity index (χ1) is 14.5. The van der Waals surface area contributed by atoms with Crippen LogP contribution in [0, 0.1) is 0 Å². The molecule has 0 bridgehead atoms. The molecule has 11 heteroatoms. The lowest BCUT2D eigenvalue weighted by Crippen LogP contribution is -2.27. The van der Waals surface area contributed by atoms with E-state index in [9.17, 15) is 19.2 Å². The van der Waals surface area contributed by atoms with Crippen molar-refractivity contribution in [2.24, 2.45) is 0 Å². The average Bonchev–Trinajstić information content (AvgIpc) is 3.48. The quantitative estimate of drug-likeness (QED) is 0.371. The minimum absolute atomic E-state index is 0.102. The predicted molar refractivity (Wildman–Crippen MR) is 110 cm³/mol. The number of carbonyl (C=O) groups is 4. The van der Waals surface area contributed by atoms with E-state index in [1.807, 2.05) is 0 Å². The Morgan fingerprint density at radius 2 is 2.13 bits per heavy atom. The van der Waals surface area contributed by atoms with Gasteiger partial charge in [0, 0.05) is 6.54 Å². The molecule has 1 aliphatic heterocycles. The van der Waals surface area contributed by atoms with Gasteiger partial charge in [0.05, 0.1) is 41.8 Å². The molecule has 0 aliphatic carbocycles. The van der Waals surface area contributed by atoms with Gasteiger partial charge in [0.25, 0.3) is 5.91 Å². The Bertz CT molecular complexity index is 965. The molecular weight excluding hydrogens is 432 g/mol. The maximum absolute atomic E-state index is 12.2. The Balaban J connectivity index is 1.45. The Hall–Kier alpha value is -3.05. The second-order valence-corrected chi connectivity index (χ2v) is 8.00. The van der Waals surface area contributed by atoms with Crippen molar-refractivity contribution in [1.82, 2.24) is 4.90 Å². The zero-order valence-corrected chi connectivity index (χ0v) is 17.5. The highest BCUT2D eigenvalue weighted by Gasteiger charge is 2.27. The SMILES string of the molecule is COC(=O)/C=C1/SCC(=O)N1CCCOC(=O)c1ccc(NC(=O)c2ccco2)s1. The number of nitrogens with one attached hydrogen (secondary N) is 1. The van der Waals surface area contributed by atoms with E-state index < -0.39 is 17.8 Å². The lowest BCUT2D eigenvalue weighted by atomic mass is 10.4. The number of furan rings is 1. The third-order valence-electron chi connectivity index (χ3n) is 3.90. The molecule has 0 aromatic carbocycles. The van der Waals surface area contributed by atoms with Gasteiger partial charge in [-0.1, -0.05) is 11.8 Å². The zero-order valence-electron chi connectivity index (χ0n) is 15.9. The Labute approximate surface area is 180 Å². The van der Waals surface area contributed by atoms with E-state index in [4.69, 9.17) is 9.15 Å². The van der Waals surface area contributed by atoms with Gasteiger partial charge >= 0.3 is 11.9 Å². The maximum Gasteiger partial charge on any atom is 0.348 e. The fraction of sp³-hybridized carbons (Fsp3) is 0.263. The van der Waals surface area contributed by atoms with Crippen LogP contribution in [-0.4, -0.2) is 54.7 Å². The number of thioether (sulfide) groups is 1. The molecule has 0 radical (unpaired) electrons. The van der Waals surface area contributed by atoms with Gasteiger partial charge in [-0.25, -0.2) is 9.59 Å². The van der Waals surface area contributed by atoms with Crippen molar-refractivity contribution in [3.05, 3.63) is 52.3 Å². The number of esters is 2. The number of carbonyl (C=O) groups excluding carboxylic acids is 4. The molecule has 3 rings (SSSR count). The van der Waals surface area contributed by atoms with Crippen LogP contribution in [0.25, 0.3) is 0 Å². The number of hydrogen-bond acceptors (Lipinski definition) is 9. The van der Waals surface area contributed by atoms with Crippen molar-refractivity contribution in [2.45, 2.75) is 6.42 Å². The first kappa shape index (κ1) is 21.7. The van der Waals surface area contributed by atoms with Gasteiger partial charge < -0.3 is 24.1 Å². The summed E-state index contributed by atoms with van der Waals surface area (Å²) in [6, 6.07) is 6.30. The van der Waals surface area contributed by atoms with Crippen LogP contribution in [0.4, 0.5) is 5.00 Å². The van der Waals surface area contributed by atoms with Crippen molar-refractivity contribution in [1.29, 1.82) is 0 Å². The van der Waals surface area contributed by atoms with E-state index in [0.717, 1.165) is 11.3 Å². The van der Waals surface area contributed by atoms with E-state index in [0.29, 0.717) is 27.9 Å². The lowest BCUT2D eigenvalue weighted by molar-refractivity contribution is -0.134. The third kappa shape index (κ3) is 5.51. The number of ether oxygens (including phenoxy) is 2. The van der Waals surface area contributed by atoms with E-state index in [-0.39, 0.29) is 24.0 Å². The monoisotopic (exact) mass is 450 g/mol. The molecule has 2 aromatic heterocycles. The topological polar surface area (TPSA) is 115 Å². The van der Waals surface area contributed by atoms with E-state index in [1.54, 1.807) is 18.2 Å². The molecule has 0 unspecified atom stereocenters. The zero-order chi connectivity index (χ0) is 21.5. The summed E-state index contributed by atoms with van der Waals surface area (Å²) in [6.45, 7) is 0.418. The van der Waals surface area contributed by atoms with Crippen LogP contribution in [0.15, 0.2) is 46.1 Å². The summed E-state index contributed by atoms with van der Waals surface area (Å²) in [6.07, 6.45) is 3.07. The second-order valence-electron chi connectivity index (χ2n) is 5.92. The molecule has 0 atom stereocenters. The standard InChI is InChI=1S/C19H18N2O7S2/c1-26-17(23)10-16-21(15(22)11-29-16)7-3-9-28-19(25)13-5-6-14(30-13)20-18(24)12-4-2-8-27-12/h2,4-6,8,10H,3,7,9,11H2,1H3,(H,20,24)/b16-10+. The molecule has 30 heavy (non-hydrogen) atoms. The summed E-state index contributed by atoms with van der Waals surface area (Å²) in [5.41, 5.74) is 0. The van der Waals surface area contributed by atoms with Crippen LogP contribution in [-0.2, 0) is 19.1 Å². The van der Waals surface area contributed by atoms with Crippen LogP contribution < -0.4 is 5.32 Å². The smallest absolute Gasteiger partial charge is 0.348 e. The van der Waals surface area contributed by atoms with Gasteiger partial charge in [0.15, 0.2) is 5.76 Å². The van der Waals surface area contributed by atoms with Crippen LogP contribution in [0.5, 0.6) is 0 Å². The molecule has 2 aromatic rings. The average molecular weight is 450 g/mol. The Morgan fingerprint density at radius 1 is 1.30 bits per heavy atom. The van der Waals surface area contributed by atoms with Gasteiger partial charge in [-0.3, -0.25) is 9.59 Å². The molecular formula is C19H18N2O7S2. The first-order valence-corrected chi connectivity index (χ1v) is 10.6. The molecule has 1 fully saturated rings. The number of nitrogens with zero attached hydrogens (tertiary/aromatic N) is 1. The first-order valence-electron chi connectivity index (χ1n) is 8.82. The molecule has 0 spiro atoms. The molecule has 2 amide bonds. The molecule has 158 valence electrons. The summed E-state index contributed by atoms with van der Waals surface area (Å²) in [7, 11) is 1.27. The number of rotatable bonds is 8. The largest absolute Gasteiger partial charge is 0.466 e. The molecule has 1 N–H and O–H groups in total. The van der Waals surface area contributed by atoms with Crippen LogP contribution >= 0.6 is 23.1 Å². The van der Waals surface area contributed by atoms with E-state index >= 15 is 0 Å². The fourth-order valence-electron chi connectivity index (χ4n) is 2.48. The van der Waals surface area contributed by atoms with E-state index in [2.05, 4.69) is 10.1 Å². The Morgan fingerprint density at radius 3 is 2.87 bits per heavy atom. The van der Waals surface area contributed by atoms with Crippen LogP contribution in [0.2, 0.25) is 0 Å². The molecule has 0 saturated carbocycles. The number of methoxy groups -OCH3 is 1. The van der Waals surface area contributed by atoms with Crippen molar-refractivity contribution < 1.29 is 33.1 Å². The van der Waals surface area contributed by atoms with Crippen molar-refractivity contribution >= 4 is 51.9 Å². The number of amides is 2.